The van der Waals surface area contributed by atoms with Crippen LogP contribution in [0.15, 0.2) is 17.5 Å². The second-order valence-electron chi connectivity index (χ2n) is 1.94. The Hall–Kier alpha value is -1.01. The van der Waals surface area contributed by atoms with Crippen molar-refractivity contribution in [1.29, 1.82) is 0 Å². The molecule has 1 aromatic heterocycles. The summed E-state index contributed by atoms with van der Waals surface area (Å²) in [5.41, 5.74) is 0. The zero-order chi connectivity index (χ0) is 8.97. The van der Waals surface area contributed by atoms with Gasteiger partial charge < -0.3 is 14.4 Å². The van der Waals surface area contributed by atoms with Crippen LogP contribution >= 0.6 is 11.3 Å². The molecule has 0 aliphatic rings. The van der Waals surface area contributed by atoms with E-state index in [0.717, 1.165) is 0 Å². The number of carbonyl (C=O) groups excluding carboxylic acids is 1. The maximum Gasteiger partial charge on any atom is 0.575 e. The molecule has 1 aromatic rings. The summed E-state index contributed by atoms with van der Waals surface area (Å²) in [4.78, 5) is 10.5. The Kier molecular flexibility index (Phi) is 3.13. The van der Waals surface area contributed by atoms with Gasteiger partial charge >= 0.3 is 13.3 Å². The summed E-state index contributed by atoms with van der Waals surface area (Å²) in [5.74, 6) is 0. The third-order valence-corrected chi connectivity index (χ3v) is 2.06. The Bertz CT molecular complexity index is 248. The molecule has 0 fully saturated rings. The van der Waals surface area contributed by atoms with Gasteiger partial charge in [0.1, 0.15) is 0 Å². The molecule has 1 heterocycles. The van der Waals surface area contributed by atoms with E-state index < -0.39 is 13.3 Å². The van der Waals surface area contributed by atoms with E-state index in [9.17, 15) is 9.82 Å². The molecule has 0 saturated heterocycles. The van der Waals surface area contributed by atoms with E-state index in [-0.39, 0.29) is 0 Å². The largest absolute Gasteiger partial charge is 0.575 e. The van der Waals surface area contributed by atoms with Gasteiger partial charge in [-0.25, -0.2) is 4.79 Å². The van der Waals surface area contributed by atoms with Crippen LogP contribution < -0.4 is 4.78 Å². The van der Waals surface area contributed by atoms with Crippen LogP contribution in [0.1, 0.15) is 0 Å². The SMILES string of the molecule is COC(=O)OB(O)c1cccs1. The molecular weight excluding hydrogens is 179 g/mol. The van der Waals surface area contributed by atoms with Crippen LogP contribution in [0.25, 0.3) is 0 Å². The molecule has 0 atom stereocenters. The van der Waals surface area contributed by atoms with Gasteiger partial charge in [0, 0.05) is 4.78 Å². The minimum atomic E-state index is -1.22. The van der Waals surface area contributed by atoms with Gasteiger partial charge in [-0.3, -0.25) is 0 Å². The Balaban J connectivity index is 2.49. The van der Waals surface area contributed by atoms with E-state index in [0.29, 0.717) is 4.78 Å². The number of ether oxygens (including phenoxy) is 1. The molecular formula is C6H7BO4S. The maximum absolute atomic E-state index is 10.5. The Morgan fingerprint density at radius 3 is 3.00 bits per heavy atom. The van der Waals surface area contributed by atoms with Gasteiger partial charge in [0.25, 0.3) is 0 Å². The third-order valence-electron chi connectivity index (χ3n) is 1.16. The minimum Gasteiger partial charge on any atom is -0.473 e. The van der Waals surface area contributed by atoms with Crippen molar-refractivity contribution < 1.29 is 19.2 Å². The molecule has 0 radical (unpaired) electrons. The molecule has 0 amide bonds. The summed E-state index contributed by atoms with van der Waals surface area (Å²) in [5, 5.41) is 11.0. The van der Waals surface area contributed by atoms with Crippen LogP contribution in [0.3, 0.4) is 0 Å². The average Bonchev–Trinajstić information content (AvgIpc) is 2.56. The van der Waals surface area contributed by atoms with E-state index in [1.807, 2.05) is 0 Å². The smallest absolute Gasteiger partial charge is 0.473 e. The summed E-state index contributed by atoms with van der Waals surface area (Å²) in [6, 6.07) is 3.42. The van der Waals surface area contributed by atoms with Crippen molar-refractivity contribution in [2.24, 2.45) is 0 Å². The highest BCUT2D eigenvalue weighted by Crippen LogP contribution is 1.96. The van der Waals surface area contributed by atoms with Gasteiger partial charge in [0.05, 0.1) is 7.11 Å². The molecule has 1 N–H and O–H groups in total. The van der Waals surface area contributed by atoms with E-state index in [1.165, 1.54) is 18.4 Å². The third kappa shape index (κ3) is 2.25. The first-order valence-corrected chi connectivity index (χ1v) is 4.08. The summed E-state index contributed by atoms with van der Waals surface area (Å²) in [6.07, 6.45) is -0.893. The molecule has 64 valence electrons. The number of rotatable bonds is 2. The zero-order valence-corrected chi connectivity index (χ0v) is 7.21. The van der Waals surface area contributed by atoms with Crippen LogP contribution in [0.4, 0.5) is 4.79 Å². The molecule has 6 heteroatoms. The van der Waals surface area contributed by atoms with Crippen molar-refractivity contribution >= 4 is 29.4 Å². The highest BCUT2D eigenvalue weighted by Gasteiger charge is 2.22. The topological polar surface area (TPSA) is 55.8 Å². The van der Waals surface area contributed by atoms with E-state index in [2.05, 4.69) is 9.39 Å². The first kappa shape index (κ1) is 9.09. The lowest BCUT2D eigenvalue weighted by molar-refractivity contribution is 0.115. The van der Waals surface area contributed by atoms with Crippen LogP contribution in [0, 0.1) is 0 Å². The van der Waals surface area contributed by atoms with Crippen LogP contribution in [0.2, 0.25) is 0 Å². The first-order valence-electron chi connectivity index (χ1n) is 3.20. The number of thiophene rings is 1. The summed E-state index contributed by atoms with van der Waals surface area (Å²) in [7, 11) is -0.0406. The Labute approximate surface area is 73.9 Å². The summed E-state index contributed by atoms with van der Waals surface area (Å²) in [6.45, 7) is 0. The monoisotopic (exact) mass is 186 g/mol. The standard InChI is InChI=1S/C6H7BO4S/c1-10-6(8)11-7(9)5-3-2-4-12-5/h2-4,9H,1H3. The molecule has 4 nitrogen and oxygen atoms in total. The van der Waals surface area contributed by atoms with Crippen molar-refractivity contribution in [3.8, 4) is 0 Å². The van der Waals surface area contributed by atoms with E-state index in [4.69, 9.17) is 0 Å². The lowest BCUT2D eigenvalue weighted by atomic mass is 9.89. The fourth-order valence-electron chi connectivity index (χ4n) is 0.629. The van der Waals surface area contributed by atoms with Crippen molar-refractivity contribution in [1.82, 2.24) is 0 Å². The molecule has 0 bridgehead atoms. The number of hydrogen-bond donors (Lipinski definition) is 1. The summed E-state index contributed by atoms with van der Waals surface area (Å²) < 4.78 is 9.22. The molecule has 0 aliphatic carbocycles. The molecule has 0 aliphatic heterocycles. The van der Waals surface area contributed by atoms with Gasteiger partial charge in [-0.1, -0.05) is 12.1 Å². The highest BCUT2D eigenvalue weighted by atomic mass is 32.1. The lowest BCUT2D eigenvalue weighted by Gasteiger charge is -2.03. The predicted molar refractivity (Wildman–Crippen MR) is 45.4 cm³/mol. The lowest BCUT2D eigenvalue weighted by Crippen LogP contribution is -2.33. The fourth-order valence-corrected chi connectivity index (χ4v) is 1.27. The first-order chi connectivity index (χ1) is 5.74. The number of carbonyl (C=O) groups is 1. The van der Waals surface area contributed by atoms with E-state index in [1.54, 1.807) is 17.5 Å². The molecule has 12 heavy (non-hydrogen) atoms. The van der Waals surface area contributed by atoms with E-state index >= 15 is 0 Å². The van der Waals surface area contributed by atoms with Crippen molar-refractivity contribution in [3.63, 3.8) is 0 Å². The summed E-state index contributed by atoms with van der Waals surface area (Å²) >= 11 is 1.30. The van der Waals surface area contributed by atoms with Crippen molar-refractivity contribution in [2.75, 3.05) is 7.11 Å². The molecule has 0 unspecified atom stereocenters. The van der Waals surface area contributed by atoms with Gasteiger partial charge in [0.15, 0.2) is 0 Å². The van der Waals surface area contributed by atoms with Gasteiger partial charge in [-0.05, 0) is 5.38 Å². The molecule has 0 aromatic carbocycles. The van der Waals surface area contributed by atoms with Crippen LogP contribution in [0.5, 0.6) is 0 Å². The Morgan fingerprint density at radius 1 is 1.75 bits per heavy atom. The molecule has 0 saturated carbocycles. The van der Waals surface area contributed by atoms with Gasteiger partial charge in [0.2, 0.25) is 0 Å². The van der Waals surface area contributed by atoms with Gasteiger partial charge in [-0.2, -0.15) is 11.3 Å². The predicted octanol–water partition coefficient (Wildman–Crippen LogP) is 0.219. The number of hydrogen-bond acceptors (Lipinski definition) is 5. The van der Waals surface area contributed by atoms with Crippen molar-refractivity contribution in [3.05, 3.63) is 17.5 Å². The second-order valence-corrected chi connectivity index (χ2v) is 2.92. The minimum absolute atomic E-state index is 0.570. The maximum atomic E-state index is 10.5. The van der Waals surface area contributed by atoms with Crippen LogP contribution in [-0.2, 0) is 9.39 Å². The Morgan fingerprint density at radius 2 is 2.50 bits per heavy atom. The highest BCUT2D eigenvalue weighted by molar-refractivity contribution is 7.20. The average molecular weight is 186 g/mol. The normalized spacial score (nSPS) is 9.17. The second kappa shape index (κ2) is 4.13. The molecule has 0 spiro atoms. The van der Waals surface area contributed by atoms with Gasteiger partial charge in [-0.15, -0.1) is 0 Å². The number of methoxy groups -OCH3 is 1. The zero-order valence-electron chi connectivity index (χ0n) is 6.39. The fraction of sp³-hybridized carbons (Fsp3) is 0.167. The molecule has 1 rings (SSSR count). The quantitative estimate of drug-likeness (QED) is 0.530. The van der Waals surface area contributed by atoms with Crippen molar-refractivity contribution in [2.45, 2.75) is 0 Å². The van der Waals surface area contributed by atoms with Crippen LogP contribution in [-0.4, -0.2) is 25.4 Å².